The fourth-order valence-electron chi connectivity index (χ4n) is 4.01. The van der Waals surface area contributed by atoms with Gasteiger partial charge >= 0.3 is 0 Å². The average molecular weight is 514 g/mol. The summed E-state index contributed by atoms with van der Waals surface area (Å²) >= 11 is 0. The number of piperazine rings is 1. The quantitative estimate of drug-likeness (QED) is 0.471. The summed E-state index contributed by atoms with van der Waals surface area (Å²) in [7, 11) is 4.67. The summed E-state index contributed by atoms with van der Waals surface area (Å²) in [4.78, 5) is 17.6. The van der Waals surface area contributed by atoms with Gasteiger partial charge in [-0.1, -0.05) is 45.0 Å². The summed E-state index contributed by atoms with van der Waals surface area (Å²) in [6.07, 6.45) is 0. The molecular formula is C26H38Cl2N2O4. The van der Waals surface area contributed by atoms with Gasteiger partial charge in [-0.2, -0.15) is 0 Å². The smallest absolute Gasteiger partial charge is 0.203 e. The van der Waals surface area contributed by atoms with E-state index in [2.05, 4.69) is 54.8 Å². The molecule has 0 unspecified atom stereocenters. The molecule has 190 valence electrons. The highest BCUT2D eigenvalue weighted by molar-refractivity contribution is 5.98. The van der Waals surface area contributed by atoms with Crippen molar-refractivity contribution < 1.29 is 19.0 Å². The molecule has 1 aliphatic heterocycles. The van der Waals surface area contributed by atoms with Crippen LogP contribution >= 0.6 is 24.8 Å². The Labute approximate surface area is 216 Å². The number of nitrogens with zero attached hydrogens (tertiary/aromatic N) is 2. The number of hydrogen-bond donors (Lipinski definition) is 0. The van der Waals surface area contributed by atoms with E-state index in [0.29, 0.717) is 29.4 Å². The van der Waals surface area contributed by atoms with E-state index < -0.39 is 0 Å². The van der Waals surface area contributed by atoms with Gasteiger partial charge in [-0.05, 0) is 28.7 Å². The molecule has 2 aromatic carbocycles. The summed E-state index contributed by atoms with van der Waals surface area (Å²) in [5.41, 5.74) is 3.44. The normalized spacial score (nSPS) is 14.5. The lowest BCUT2D eigenvalue weighted by atomic mass is 9.87. The summed E-state index contributed by atoms with van der Waals surface area (Å²) in [5, 5.41) is 0. The van der Waals surface area contributed by atoms with Crippen LogP contribution < -0.4 is 14.2 Å². The lowest BCUT2D eigenvalue weighted by Crippen LogP contribution is -2.47. The highest BCUT2D eigenvalue weighted by Gasteiger charge is 2.22. The summed E-state index contributed by atoms with van der Waals surface area (Å²) in [6, 6.07) is 12.4. The number of ketones is 1. The molecule has 8 heteroatoms. The van der Waals surface area contributed by atoms with Crippen LogP contribution in [0.4, 0.5) is 0 Å². The summed E-state index contributed by atoms with van der Waals surface area (Å²) < 4.78 is 16.1. The Morgan fingerprint density at radius 3 is 1.76 bits per heavy atom. The lowest BCUT2D eigenvalue weighted by Gasteiger charge is -2.34. The summed E-state index contributed by atoms with van der Waals surface area (Å²) in [6.45, 7) is 11.7. The molecule has 0 saturated carbocycles. The van der Waals surface area contributed by atoms with E-state index in [1.807, 2.05) is 0 Å². The monoisotopic (exact) mass is 512 g/mol. The molecule has 0 spiro atoms. The van der Waals surface area contributed by atoms with E-state index >= 15 is 0 Å². The molecule has 0 aromatic heterocycles. The first-order valence-electron chi connectivity index (χ1n) is 11.1. The van der Waals surface area contributed by atoms with Crippen molar-refractivity contribution >= 4 is 30.6 Å². The average Bonchev–Trinajstić information content (AvgIpc) is 2.79. The van der Waals surface area contributed by atoms with Crippen LogP contribution in [0.15, 0.2) is 36.4 Å². The third-order valence-corrected chi connectivity index (χ3v) is 6.04. The molecule has 0 atom stereocenters. The molecule has 2 aromatic rings. The maximum atomic E-state index is 12.9. The minimum absolute atomic E-state index is 0. The number of hydrogen-bond acceptors (Lipinski definition) is 6. The van der Waals surface area contributed by atoms with Gasteiger partial charge in [-0.25, -0.2) is 0 Å². The molecule has 0 radical (unpaired) electrons. The molecule has 3 rings (SSSR count). The fraction of sp³-hybridized carbons (Fsp3) is 0.500. The highest BCUT2D eigenvalue weighted by Crippen LogP contribution is 2.38. The molecule has 1 saturated heterocycles. The van der Waals surface area contributed by atoms with Gasteiger partial charge in [0.05, 0.1) is 27.9 Å². The standard InChI is InChI=1S/C26H36N2O4.2ClH/c1-26(2,3)21-9-7-19(8-10-21)17-27-11-13-28(14-12-27)18-22(29)20-15-23(30-4)25(32-6)24(16-20)31-5;;/h7-10,15-16H,11-14,17-18H2,1-6H3;2*1H. The molecule has 0 amide bonds. The second kappa shape index (κ2) is 13.2. The minimum atomic E-state index is 0. The number of carbonyl (C=O) groups excluding carboxylic acids is 1. The Kier molecular flexibility index (Phi) is 11.7. The van der Waals surface area contributed by atoms with E-state index in [1.54, 1.807) is 33.5 Å². The zero-order valence-electron chi connectivity index (χ0n) is 21.1. The first-order valence-corrected chi connectivity index (χ1v) is 11.1. The number of halogens is 2. The zero-order chi connectivity index (χ0) is 23.3. The van der Waals surface area contributed by atoms with E-state index in [-0.39, 0.29) is 36.0 Å². The third kappa shape index (κ3) is 7.51. The van der Waals surface area contributed by atoms with Crippen LogP contribution in [0.2, 0.25) is 0 Å². The van der Waals surface area contributed by atoms with Crippen molar-refractivity contribution in [1.29, 1.82) is 0 Å². The van der Waals surface area contributed by atoms with Crippen LogP contribution in [0, 0.1) is 0 Å². The number of rotatable bonds is 8. The van der Waals surface area contributed by atoms with Gasteiger partial charge in [0.25, 0.3) is 0 Å². The van der Waals surface area contributed by atoms with Crippen LogP contribution in [-0.4, -0.2) is 69.6 Å². The van der Waals surface area contributed by atoms with Gasteiger partial charge in [0.1, 0.15) is 0 Å². The van der Waals surface area contributed by atoms with Gasteiger partial charge in [0, 0.05) is 38.3 Å². The first kappa shape index (κ1) is 30.0. The van der Waals surface area contributed by atoms with Crippen LogP contribution in [0.25, 0.3) is 0 Å². The molecule has 0 bridgehead atoms. The Morgan fingerprint density at radius 1 is 0.824 bits per heavy atom. The molecule has 1 aliphatic rings. The first-order chi connectivity index (χ1) is 15.2. The molecule has 1 fully saturated rings. The molecular weight excluding hydrogens is 475 g/mol. The molecule has 6 nitrogen and oxygen atoms in total. The van der Waals surface area contributed by atoms with E-state index in [9.17, 15) is 4.79 Å². The number of benzene rings is 2. The minimum Gasteiger partial charge on any atom is -0.493 e. The van der Waals surface area contributed by atoms with Gasteiger partial charge < -0.3 is 14.2 Å². The topological polar surface area (TPSA) is 51.2 Å². The number of Topliss-reactive ketones (excluding diaryl/α,β-unsaturated/α-hetero) is 1. The van der Waals surface area contributed by atoms with E-state index in [1.165, 1.54) is 11.1 Å². The predicted molar refractivity (Wildman–Crippen MR) is 142 cm³/mol. The fourth-order valence-corrected chi connectivity index (χ4v) is 4.01. The van der Waals surface area contributed by atoms with Crippen molar-refractivity contribution in [2.45, 2.75) is 32.7 Å². The molecule has 34 heavy (non-hydrogen) atoms. The molecule has 0 aliphatic carbocycles. The lowest BCUT2D eigenvalue weighted by molar-refractivity contribution is 0.0843. The second-order valence-corrected chi connectivity index (χ2v) is 9.34. The summed E-state index contributed by atoms with van der Waals surface area (Å²) in [5.74, 6) is 1.54. The van der Waals surface area contributed by atoms with Crippen LogP contribution in [-0.2, 0) is 12.0 Å². The molecule has 1 heterocycles. The van der Waals surface area contributed by atoms with Crippen molar-refractivity contribution in [2.75, 3.05) is 54.1 Å². The van der Waals surface area contributed by atoms with Crippen molar-refractivity contribution in [3.8, 4) is 17.2 Å². The Hall–Kier alpha value is -1.99. The van der Waals surface area contributed by atoms with E-state index in [4.69, 9.17) is 14.2 Å². The highest BCUT2D eigenvalue weighted by atomic mass is 35.5. The Balaban J connectivity index is 0.00000289. The number of carbonyl (C=O) groups is 1. The maximum absolute atomic E-state index is 12.9. The van der Waals surface area contributed by atoms with Gasteiger partial charge in [0.2, 0.25) is 5.75 Å². The van der Waals surface area contributed by atoms with Gasteiger partial charge in [-0.3, -0.25) is 14.6 Å². The largest absolute Gasteiger partial charge is 0.493 e. The van der Waals surface area contributed by atoms with E-state index in [0.717, 1.165) is 32.7 Å². The third-order valence-electron chi connectivity index (χ3n) is 6.04. The van der Waals surface area contributed by atoms with Gasteiger partial charge in [0.15, 0.2) is 17.3 Å². The van der Waals surface area contributed by atoms with Gasteiger partial charge in [-0.15, -0.1) is 24.8 Å². The number of ether oxygens (including phenoxy) is 3. The zero-order valence-corrected chi connectivity index (χ0v) is 22.7. The van der Waals surface area contributed by atoms with Crippen LogP contribution in [0.5, 0.6) is 17.2 Å². The Bertz CT molecular complexity index is 896. The van der Waals surface area contributed by atoms with Crippen molar-refractivity contribution in [3.63, 3.8) is 0 Å². The second-order valence-electron chi connectivity index (χ2n) is 9.34. The van der Waals surface area contributed by atoms with Crippen LogP contribution in [0.1, 0.15) is 42.3 Å². The molecule has 0 N–H and O–H groups in total. The van der Waals surface area contributed by atoms with Crippen LogP contribution in [0.3, 0.4) is 0 Å². The van der Waals surface area contributed by atoms with Crippen molar-refractivity contribution in [3.05, 3.63) is 53.1 Å². The SMILES string of the molecule is COc1cc(C(=O)CN2CCN(Cc3ccc(C(C)(C)C)cc3)CC2)cc(OC)c1OC.Cl.Cl. The van der Waals surface area contributed by atoms with Crippen molar-refractivity contribution in [1.82, 2.24) is 9.80 Å². The maximum Gasteiger partial charge on any atom is 0.203 e. The van der Waals surface area contributed by atoms with Crippen molar-refractivity contribution in [2.24, 2.45) is 0 Å². The Morgan fingerprint density at radius 2 is 1.32 bits per heavy atom. The predicted octanol–water partition coefficient (Wildman–Crippen LogP) is 4.85. The number of methoxy groups -OCH3 is 3.